The van der Waals surface area contributed by atoms with Crippen LogP contribution in [0.3, 0.4) is 0 Å². The molecule has 100 valence electrons. The van der Waals surface area contributed by atoms with Gasteiger partial charge in [-0.3, -0.25) is 0 Å². The number of nitrogens with one attached hydrogen (secondary N) is 1. The maximum absolute atomic E-state index is 5.45. The van der Waals surface area contributed by atoms with E-state index in [-0.39, 0.29) is 0 Å². The molecule has 1 heterocycles. The summed E-state index contributed by atoms with van der Waals surface area (Å²) in [5.41, 5.74) is 2.73. The van der Waals surface area contributed by atoms with Gasteiger partial charge in [-0.25, -0.2) is 0 Å². The monoisotopic (exact) mass is 248 g/mol. The highest BCUT2D eigenvalue weighted by molar-refractivity contribution is 5.38. The third-order valence-electron chi connectivity index (χ3n) is 3.56. The number of nitrogens with zero attached hydrogens (tertiary/aromatic N) is 1. The van der Waals surface area contributed by atoms with Crippen molar-refractivity contribution < 1.29 is 4.74 Å². The Balaban J connectivity index is 2.20. The normalized spacial score (nSPS) is 20.1. The van der Waals surface area contributed by atoms with Gasteiger partial charge in [0, 0.05) is 18.7 Å². The number of hydrogen-bond acceptors (Lipinski definition) is 3. The zero-order chi connectivity index (χ0) is 13.0. The van der Waals surface area contributed by atoms with Gasteiger partial charge in [0.15, 0.2) is 0 Å². The quantitative estimate of drug-likeness (QED) is 0.884. The molecule has 1 saturated heterocycles. The highest BCUT2D eigenvalue weighted by Gasteiger charge is 2.16. The lowest BCUT2D eigenvalue weighted by atomic mass is 9.90. The van der Waals surface area contributed by atoms with Crippen molar-refractivity contribution in [2.45, 2.75) is 25.3 Å². The molecule has 18 heavy (non-hydrogen) atoms. The number of hydrogen-bond donors (Lipinski definition) is 1. The van der Waals surface area contributed by atoms with Gasteiger partial charge >= 0.3 is 0 Å². The molecular weight excluding hydrogens is 224 g/mol. The molecule has 1 aliphatic heterocycles. The first-order valence-electron chi connectivity index (χ1n) is 6.73. The van der Waals surface area contributed by atoms with Gasteiger partial charge in [0.1, 0.15) is 5.75 Å². The molecule has 0 amide bonds. The average molecular weight is 248 g/mol. The molecule has 1 fully saturated rings. The van der Waals surface area contributed by atoms with Crippen LogP contribution in [0.1, 0.15) is 29.9 Å². The minimum Gasteiger partial charge on any atom is -0.496 e. The van der Waals surface area contributed by atoms with Crippen LogP contribution in [0.2, 0.25) is 0 Å². The van der Waals surface area contributed by atoms with Gasteiger partial charge in [-0.2, -0.15) is 0 Å². The summed E-state index contributed by atoms with van der Waals surface area (Å²) in [5, 5.41) is 3.48. The van der Waals surface area contributed by atoms with E-state index in [0.717, 1.165) is 25.4 Å². The lowest BCUT2D eigenvalue weighted by molar-refractivity contribution is 0.371. The summed E-state index contributed by atoms with van der Waals surface area (Å²) >= 11 is 0. The van der Waals surface area contributed by atoms with Crippen LogP contribution in [0.15, 0.2) is 18.2 Å². The Hall–Kier alpha value is -1.06. The van der Waals surface area contributed by atoms with Crippen LogP contribution in [0.5, 0.6) is 5.75 Å². The second kappa shape index (κ2) is 6.21. The van der Waals surface area contributed by atoms with Crippen molar-refractivity contribution in [1.82, 2.24) is 10.2 Å². The number of ether oxygens (including phenoxy) is 1. The van der Waals surface area contributed by atoms with E-state index in [4.69, 9.17) is 4.74 Å². The van der Waals surface area contributed by atoms with E-state index in [2.05, 4.69) is 42.5 Å². The van der Waals surface area contributed by atoms with Gasteiger partial charge in [0.2, 0.25) is 0 Å². The highest BCUT2D eigenvalue weighted by Crippen LogP contribution is 2.28. The van der Waals surface area contributed by atoms with Crippen molar-refractivity contribution in [3.8, 4) is 5.75 Å². The van der Waals surface area contributed by atoms with Crippen LogP contribution in [0.25, 0.3) is 0 Å². The fourth-order valence-electron chi connectivity index (χ4n) is 2.65. The Kier molecular flexibility index (Phi) is 4.61. The van der Waals surface area contributed by atoms with Gasteiger partial charge in [0.25, 0.3) is 0 Å². The second-order valence-corrected chi connectivity index (χ2v) is 5.35. The van der Waals surface area contributed by atoms with E-state index in [9.17, 15) is 0 Å². The van der Waals surface area contributed by atoms with Crippen LogP contribution in [-0.2, 0) is 6.54 Å². The molecule has 3 heteroatoms. The number of benzene rings is 1. The summed E-state index contributed by atoms with van der Waals surface area (Å²) in [5.74, 6) is 1.65. The molecule has 1 unspecified atom stereocenters. The largest absolute Gasteiger partial charge is 0.496 e. The van der Waals surface area contributed by atoms with Crippen molar-refractivity contribution in [2.24, 2.45) is 0 Å². The Labute approximate surface area is 110 Å². The van der Waals surface area contributed by atoms with E-state index < -0.39 is 0 Å². The zero-order valence-electron chi connectivity index (χ0n) is 11.7. The standard InChI is InChI=1S/C15H24N2O/c1-17(2)11-14-9-12(6-7-15(14)18-3)13-5-4-8-16-10-13/h6-7,9,13,16H,4-5,8,10-11H2,1-3H3. The minimum absolute atomic E-state index is 0.658. The molecule has 2 rings (SSSR count). The topological polar surface area (TPSA) is 24.5 Å². The third-order valence-corrected chi connectivity index (χ3v) is 3.56. The van der Waals surface area contributed by atoms with Crippen LogP contribution < -0.4 is 10.1 Å². The lowest BCUT2D eigenvalue weighted by Crippen LogP contribution is -2.28. The number of rotatable bonds is 4. The first-order chi connectivity index (χ1) is 8.70. The fraction of sp³-hybridized carbons (Fsp3) is 0.600. The molecule has 1 aromatic carbocycles. The highest BCUT2D eigenvalue weighted by atomic mass is 16.5. The first kappa shape index (κ1) is 13.4. The minimum atomic E-state index is 0.658. The second-order valence-electron chi connectivity index (χ2n) is 5.35. The van der Waals surface area contributed by atoms with E-state index in [1.54, 1.807) is 7.11 Å². The Morgan fingerprint density at radius 2 is 2.22 bits per heavy atom. The molecule has 1 atom stereocenters. The van der Waals surface area contributed by atoms with Gasteiger partial charge in [-0.1, -0.05) is 12.1 Å². The molecule has 1 N–H and O–H groups in total. The van der Waals surface area contributed by atoms with Gasteiger partial charge in [-0.15, -0.1) is 0 Å². The molecule has 0 spiro atoms. The number of methoxy groups -OCH3 is 1. The van der Waals surface area contributed by atoms with E-state index in [1.807, 2.05) is 0 Å². The smallest absolute Gasteiger partial charge is 0.123 e. The van der Waals surface area contributed by atoms with Crippen LogP contribution in [0.4, 0.5) is 0 Å². The Morgan fingerprint density at radius 1 is 1.39 bits per heavy atom. The molecule has 1 aliphatic rings. The first-order valence-corrected chi connectivity index (χ1v) is 6.73. The Morgan fingerprint density at radius 3 is 2.83 bits per heavy atom. The van der Waals surface area contributed by atoms with Crippen molar-refractivity contribution in [3.05, 3.63) is 29.3 Å². The summed E-state index contributed by atoms with van der Waals surface area (Å²) < 4.78 is 5.45. The summed E-state index contributed by atoms with van der Waals surface area (Å²) in [6.45, 7) is 3.20. The maximum Gasteiger partial charge on any atom is 0.123 e. The van der Waals surface area contributed by atoms with E-state index >= 15 is 0 Å². The molecule has 0 aliphatic carbocycles. The molecule has 0 radical (unpaired) electrons. The van der Waals surface area contributed by atoms with Gasteiger partial charge in [-0.05, 0) is 51.0 Å². The maximum atomic E-state index is 5.45. The third kappa shape index (κ3) is 3.24. The fourth-order valence-corrected chi connectivity index (χ4v) is 2.65. The van der Waals surface area contributed by atoms with Crippen LogP contribution >= 0.6 is 0 Å². The van der Waals surface area contributed by atoms with Crippen LogP contribution in [0, 0.1) is 0 Å². The number of piperidine rings is 1. The molecule has 0 bridgehead atoms. The molecular formula is C15H24N2O. The predicted octanol–water partition coefficient (Wildman–Crippen LogP) is 2.22. The molecule has 1 aromatic rings. The summed E-state index contributed by atoms with van der Waals surface area (Å²) in [6, 6.07) is 6.65. The van der Waals surface area contributed by atoms with Crippen molar-refractivity contribution in [3.63, 3.8) is 0 Å². The summed E-state index contributed by atoms with van der Waals surface area (Å²) in [7, 11) is 5.93. The summed E-state index contributed by atoms with van der Waals surface area (Å²) in [6.07, 6.45) is 2.57. The molecule has 3 nitrogen and oxygen atoms in total. The van der Waals surface area contributed by atoms with Crippen LogP contribution in [-0.4, -0.2) is 39.2 Å². The van der Waals surface area contributed by atoms with Crippen molar-refractivity contribution in [1.29, 1.82) is 0 Å². The summed E-state index contributed by atoms with van der Waals surface area (Å²) in [4.78, 5) is 2.18. The van der Waals surface area contributed by atoms with E-state index in [0.29, 0.717) is 5.92 Å². The van der Waals surface area contributed by atoms with Crippen molar-refractivity contribution >= 4 is 0 Å². The van der Waals surface area contributed by atoms with Crippen molar-refractivity contribution in [2.75, 3.05) is 34.3 Å². The molecule has 0 aromatic heterocycles. The molecule has 0 saturated carbocycles. The Bertz CT molecular complexity index is 384. The average Bonchev–Trinajstić information content (AvgIpc) is 2.39. The lowest BCUT2D eigenvalue weighted by Gasteiger charge is -2.24. The van der Waals surface area contributed by atoms with E-state index in [1.165, 1.54) is 24.0 Å². The zero-order valence-corrected chi connectivity index (χ0v) is 11.7. The van der Waals surface area contributed by atoms with Gasteiger partial charge < -0.3 is 15.0 Å². The predicted molar refractivity (Wildman–Crippen MR) is 75.2 cm³/mol. The SMILES string of the molecule is COc1ccc(C2CCCNC2)cc1CN(C)C. The van der Waals surface area contributed by atoms with Gasteiger partial charge in [0.05, 0.1) is 7.11 Å².